The fourth-order valence-electron chi connectivity index (χ4n) is 4.15. The molecule has 156 valence electrons. The van der Waals surface area contributed by atoms with Gasteiger partial charge in [-0.3, -0.25) is 9.69 Å². The molecule has 1 aliphatic rings. The number of ether oxygens (including phenoxy) is 1. The van der Waals surface area contributed by atoms with Crippen molar-refractivity contribution in [3.63, 3.8) is 0 Å². The highest BCUT2D eigenvalue weighted by atomic mass is 32.1. The Labute approximate surface area is 186 Å². The Balaban J connectivity index is 1.58. The number of hydrogen-bond donors (Lipinski definition) is 0. The second-order valence-corrected chi connectivity index (χ2v) is 8.81. The predicted molar refractivity (Wildman–Crippen MR) is 126 cm³/mol. The Morgan fingerprint density at radius 2 is 1.61 bits per heavy atom. The van der Waals surface area contributed by atoms with Crippen molar-refractivity contribution in [3.8, 4) is 0 Å². The van der Waals surface area contributed by atoms with Gasteiger partial charge < -0.3 is 4.74 Å². The summed E-state index contributed by atoms with van der Waals surface area (Å²) in [6, 6.07) is 28.0. The minimum absolute atomic E-state index is 0.0342. The molecule has 5 rings (SSSR count). The number of nitrogens with zero attached hydrogens (tertiary/aromatic N) is 2. The molecule has 3 aromatic carbocycles. The second-order valence-electron chi connectivity index (χ2n) is 7.80. The van der Waals surface area contributed by atoms with Crippen molar-refractivity contribution < 1.29 is 9.53 Å². The lowest BCUT2D eigenvalue weighted by atomic mass is 9.90. The maximum atomic E-state index is 14.1. The van der Waals surface area contributed by atoms with Crippen molar-refractivity contribution in [1.82, 2.24) is 4.98 Å². The predicted octanol–water partition coefficient (Wildman–Crippen LogP) is 5.64. The zero-order valence-electron chi connectivity index (χ0n) is 17.2. The van der Waals surface area contributed by atoms with Gasteiger partial charge in [0.05, 0.1) is 28.8 Å². The molecular formula is C26H24N2O2S. The Hall–Kier alpha value is -3.02. The molecule has 1 aliphatic heterocycles. The molecular weight excluding hydrogens is 404 g/mol. The van der Waals surface area contributed by atoms with Crippen LogP contribution in [-0.4, -0.2) is 30.1 Å². The summed E-state index contributed by atoms with van der Waals surface area (Å²) in [7, 11) is 0. The fourth-order valence-corrected chi connectivity index (χ4v) is 5.13. The third kappa shape index (κ3) is 4.24. The highest BCUT2D eigenvalue weighted by Crippen LogP contribution is 2.34. The van der Waals surface area contributed by atoms with Crippen molar-refractivity contribution >= 4 is 32.6 Å². The molecule has 0 spiro atoms. The maximum Gasteiger partial charge on any atom is 0.240 e. The van der Waals surface area contributed by atoms with Crippen LogP contribution in [0.25, 0.3) is 10.2 Å². The normalized spacial score (nSPS) is 16.1. The van der Waals surface area contributed by atoms with E-state index in [-0.39, 0.29) is 12.0 Å². The Morgan fingerprint density at radius 1 is 0.968 bits per heavy atom. The molecule has 31 heavy (non-hydrogen) atoms. The van der Waals surface area contributed by atoms with Crippen LogP contribution in [0.2, 0.25) is 0 Å². The van der Waals surface area contributed by atoms with E-state index in [0.717, 1.165) is 45.9 Å². The number of hydrogen-bond acceptors (Lipinski definition) is 4. The molecule has 0 radical (unpaired) electrons. The Kier molecular flexibility index (Phi) is 5.78. The molecule has 5 heteroatoms. The molecule has 4 aromatic rings. The first-order chi connectivity index (χ1) is 15.3. The summed E-state index contributed by atoms with van der Waals surface area (Å²) in [5.74, 6) is -0.359. The molecule has 1 amide bonds. The van der Waals surface area contributed by atoms with Gasteiger partial charge in [-0.15, -0.1) is 0 Å². The van der Waals surface area contributed by atoms with Gasteiger partial charge in [-0.05, 0) is 36.1 Å². The second kappa shape index (κ2) is 9.00. The van der Waals surface area contributed by atoms with Gasteiger partial charge >= 0.3 is 0 Å². The van der Waals surface area contributed by atoms with Crippen molar-refractivity contribution in [2.24, 2.45) is 0 Å². The van der Waals surface area contributed by atoms with E-state index in [1.54, 1.807) is 11.3 Å². The highest BCUT2D eigenvalue weighted by Gasteiger charge is 2.32. The summed E-state index contributed by atoms with van der Waals surface area (Å²) >= 11 is 1.56. The van der Waals surface area contributed by atoms with Crippen LogP contribution in [0.15, 0.2) is 84.9 Å². The third-order valence-corrected chi connectivity index (χ3v) is 6.76. The number of para-hydroxylation sites is 1. The lowest BCUT2D eigenvalue weighted by Gasteiger charge is -2.28. The van der Waals surface area contributed by atoms with E-state index in [4.69, 9.17) is 9.72 Å². The number of fused-ring (bicyclic) bond motifs is 1. The molecule has 0 bridgehead atoms. The molecule has 1 atom stereocenters. The monoisotopic (exact) mass is 428 g/mol. The van der Waals surface area contributed by atoms with Crippen molar-refractivity contribution in [3.05, 3.63) is 96.1 Å². The number of rotatable bonds is 6. The van der Waals surface area contributed by atoms with E-state index in [9.17, 15) is 4.79 Å². The summed E-state index contributed by atoms with van der Waals surface area (Å²) in [5.41, 5.74) is 2.89. The number of carbonyl (C=O) groups is 1. The van der Waals surface area contributed by atoms with Gasteiger partial charge in [0.2, 0.25) is 5.91 Å². The average molecular weight is 429 g/mol. The molecule has 0 saturated carbocycles. The van der Waals surface area contributed by atoms with Gasteiger partial charge in [-0.1, -0.05) is 84.1 Å². The minimum Gasteiger partial charge on any atom is -0.376 e. The van der Waals surface area contributed by atoms with E-state index in [2.05, 4.69) is 6.07 Å². The van der Waals surface area contributed by atoms with E-state index >= 15 is 0 Å². The standard InChI is InChI=1S/C26H24N2O2S/c29-25(24(19-10-3-1-4-11-19)20-12-5-2-6-13-20)28(18-21-14-9-17-30-21)26-27-22-15-7-8-16-23(22)31-26/h1-8,10-13,15-16,21,24H,9,14,17-18H2/t21-/m1/s1. The van der Waals surface area contributed by atoms with Crippen molar-refractivity contribution in [2.75, 3.05) is 18.1 Å². The number of aromatic nitrogens is 1. The van der Waals surface area contributed by atoms with Crippen LogP contribution >= 0.6 is 11.3 Å². The summed E-state index contributed by atoms with van der Waals surface area (Å²) in [4.78, 5) is 20.8. The van der Waals surface area contributed by atoms with Gasteiger partial charge in [-0.2, -0.15) is 0 Å². The van der Waals surface area contributed by atoms with Gasteiger partial charge in [0, 0.05) is 6.61 Å². The molecule has 1 saturated heterocycles. The first-order valence-corrected chi connectivity index (χ1v) is 11.5. The SMILES string of the molecule is O=C(C(c1ccccc1)c1ccccc1)N(C[C@H]1CCCO1)c1nc2ccccc2s1. The zero-order chi connectivity index (χ0) is 21.0. The lowest BCUT2D eigenvalue weighted by Crippen LogP contribution is -2.40. The van der Waals surface area contributed by atoms with Crippen LogP contribution in [0.3, 0.4) is 0 Å². The number of benzene rings is 3. The van der Waals surface area contributed by atoms with Crippen molar-refractivity contribution in [2.45, 2.75) is 24.9 Å². The van der Waals surface area contributed by atoms with Gasteiger partial charge in [0.15, 0.2) is 5.13 Å². The van der Waals surface area contributed by atoms with E-state index in [0.29, 0.717) is 6.54 Å². The summed E-state index contributed by atoms with van der Waals surface area (Å²) in [6.45, 7) is 1.28. The van der Waals surface area contributed by atoms with Gasteiger partial charge in [0.1, 0.15) is 0 Å². The maximum absolute atomic E-state index is 14.1. The lowest BCUT2D eigenvalue weighted by molar-refractivity contribution is -0.119. The fraction of sp³-hybridized carbons (Fsp3) is 0.231. The summed E-state index contributed by atoms with van der Waals surface area (Å²) < 4.78 is 6.99. The van der Waals surface area contributed by atoms with E-state index in [1.165, 1.54) is 0 Å². The topological polar surface area (TPSA) is 42.4 Å². The van der Waals surface area contributed by atoms with Crippen LogP contribution in [-0.2, 0) is 9.53 Å². The number of anilines is 1. The molecule has 0 aliphatic carbocycles. The zero-order valence-corrected chi connectivity index (χ0v) is 18.0. The van der Waals surface area contributed by atoms with Crippen LogP contribution in [0, 0.1) is 0 Å². The molecule has 1 fully saturated rings. The first kappa shape index (κ1) is 19.9. The van der Waals surface area contributed by atoms with Crippen LogP contribution in [0.5, 0.6) is 0 Å². The van der Waals surface area contributed by atoms with E-state index < -0.39 is 5.92 Å². The van der Waals surface area contributed by atoms with Crippen LogP contribution < -0.4 is 4.90 Å². The first-order valence-electron chi connectivity index (χ1n) is 10.7. The largest absolute Gasteiger partial charge is 0.376 e. The van der Waals surface area contributed by atoms with Crippen LogP contribution in [0.4, 0.5) is 5.13 Å². The smallest absolute Gasteiger partial charge is 0.240 e. The molecule has 0 N–H and O–H groups in total. The van der Waals surface area contributed by atoms with Crippen molar-refractivity contribution in [1.29, 1.82) is 0 Å². The van der Waals surface area contributed by atoms with E-state index in [1.807, 2.05) is 83.8 Å². The third-order valence-electron chi connectivity index (χ3n) is 5.70. The summed E-state index contributed by atoms with van der Waals surface area (Å²) in [6.07, 6.45) is 2.05. The Morgan fingerprint density at radius 3 is 2.23 bits per heavy atom. The molecule has 4 nitrogen and oxygen atoms in total. The molecule has 1 aromatic heterocycles. The molecule has 0 unspecified atom stereocenters. The number of carbonyl (C=O) groups excluding carboxylic acids is 1. The Bertz CT molecular complexity index is 1080. The quantitative estimate of drug-likeness (QED) is 0.399. The minimum atomic E-state index is -0.393. The molecule has 2 heterocycles. The van der Waals surface area contributed by atoms with Gasteiger partial charge in [0.25, 0.3) is 0 Å². The highest BCUT2D eigenvalue weighted by molar-refractivity contribution is 7.22. The van der Waals surface area contributed by atoms with Crippen LogP contribution in [0.1, 0.15) is 29.9 Å². The average Bonchev–Trinajstić information content (AvgIpc) is 3.48. The summed E-state index contributed by atoms with van der Waals surface area (Å²) in [5, 5.41) is 0.735. The van der Waals surface area contributed by atoms with Gasteiger partial charge in [-0.25, -0.2) is 4.98 Å². The number of amides is 1. The number of thiazole rings is 1.